The number of hydrogen-bond donors (Lipinski definition) is 1. The second-order valence-corrected chi connectivity index (χ2v) is 8.12. The summed E-state index contributed by atoms with van der Waals surface area (Å²) in [5.41, 5.74) is -0.589. The van der Waals surface area contributed by atoms with Crippen molar-refractivity contribution in [1.29, 1.82) is 0 Å². The van der Waals surface area contributed by atoms with E-state index < -0.39 is 17.6 Å². The molecular weight excluding hydrogens is 421 g/mol. The van der Waals surface area contributed by atoms with E-state index in [2.05, 4.69) is 10.4 Å². The van der Waals surface area contributed by atoms with Crippen LogP contribution in [0.3, 0.4) is 0 Å². The number of benzene rings is 2. The van der Waals surface area contributed by atoms with Crippen LogP contribution >= 0.6 is 0 Å². The summed E-state index contributed by atoms with van der Waals surface area (Å²) in [6, 6.07) is 9.65. The zero-order valence-corrected chi connectivity index (χ0v) is 17.7. The van der Waals surface area contributed by atoms with E-state index in [1.165, 1.54) is 10.7 Å². The van der Waals surface area contributed by atoms with Crippen LogP contribution in [0, 0.1) is 0 Å². The maximum absolute atomic E-state index is 13.4. The molecule has 2 heterocycles. The summed E-state index contributed by atoms with van der Waals surface area (Å²) in [5, 5.41) is 7.56. The third-order valence-corrected chi connectivity index (χ3v) is 5.55. The van der Waals surface area contributed by atoms with E-state index in [9.17, 15) is 22.8 Å². The molecule has 1 amide bonds. The molecule has 32 heavy (non-hydrogen) atoms. The number of hydrogen-bond acceptors (Lipinski definition) is 4. The van der Waals surface area contributed by atoms with Gasteiger partial charge in [-0.25, -0.2) is 4.68 Å². The number of carbonyl (C=O) groups excluding carboxylic acids is 1. The quantitative estimate of drug-likeness (QED) is 0.625. The number of fused-ring (bicyclic) bond motifs is 1. The molecule has 0 unspecified atom stereocenters. The molecule has 0 aliphatic carbocycles. The Balaban J connectivity index is 1.81. The fourth-order valence-electron chi connectivity index (χ4n) is 3.95. The molecule has 0 spiro atoms. The van der Waals surface area contributed by atoms with Gasteiger partial charge < -0.3 is 10.2 Å². The molecule has 9 heteroatoms. The van der Waals surface area contributed by atoms with Crippen molar-refractivity contribution in [2.75, 3.05) is 23.3 Å². The van der Waals surface area contributed by atoms with Gasteiger partial charge in [0.25, 0.3) is 11.5 Å². The van der Waals surface area contributed by atoms with Crippen LogP contribution in [0.4, 0.5) is 24.5 Å². The molecule has 1 aliphatic rings. The average Bonchev–Trinajstić information content (AvgIpc) is 3.28. The summed E-state index contributed by atoms with van der Waals surface area (Å²) >= 11 is 0. The van der Waals surface area contributed by atoms with Gasteiger partial charge in [0.15, 0.2) is 5.69 Å². The molecule has 4 rings (SSSR count). The Bertz CT molecular complexity index is 1230. The highest BCUT2D eigenvalue weighted by Crippen LogP contribution is 2.36. The van der Waals surface area contributed by atoms with Gasteiger partial charge in [0.05, 0.1) is 28.4 Å². The summed E-state index contributed by atoms with van der Waals surface area (Å²) in [6.45, 7) is 4.94. The summed E-state index contributed by atoms with van der Waals surface area (Å²) < 4.78 is 41.3. The monoisotopic (exact) mass is 444 g/mol. The number of nitrogens with zero attached hydrogens (tertiary/aromatic N) is 3. The first-order chi connectivity index (χ1) is 15.2. The standard InChI is InChI=1S/C23H23F3N4O2/c1-14(2)30-22(32)17-8-4-3-7-16(17)20(28-30)21(31)27-18-13-15(23(24,25)26)9-10-19(18)29-11-5-6-12-29/h3-4,7-10,13-14H,5-6,11-12H2,1-2H3,(H,27,31). The second kappa shape index (κ2) is 8.29. The minimum Gasteiger partial charge on any atom is -0.370 e. The Kier molecular flexibility index (Phi) is 5.66. The molecule has 3 aromatic rings. The van der Waals surface area contributed by atoms with Gasteiger partial charge in [-0.1, -0.05) is 18.2 Å². The molecule has 1 N–H and O–H groups in total. The molecule has 0 bridgehead atoms. The summed E-state index contributed by atoms with van der Waals surface area (Å²) in [7, 11) is 0. The first-order valence-electron chi connectivity index (χ1n) is 10.5. The zero-order chi connectivity index (χ0) is 23.0. The van der Waals surface area contributed by atoms with Crippen molar-refractivity contribution in [3.8, 4) is 0 Å². The predicted octanol–water partition coefficient (Wildman–Crippen LogP) is 4.85. The highest BCUT2D eigenvalue weighted by atomic mass is 19.4. The number of anilines is 2. The van der Waals surface area contributed by atoms with E-state index >= 15 is 0 Å². The van der Waals surface area contributed by atoms with Crippen molar-refractivity contribution in [2.24, 2.45) is 0 Å². The van der Waals surface area contributed by atoms with Crippen molar-refractivity contribution in [3.05, 3.63) is 64.1 Å². The van der Waals surface area contributed by atoms with Crippen molar-refractivity contribution in [2.45, 2.75) is 38.9 Å². The lowest BCUT2D eigenvalue weighted by atomic mass is 10.1. The van der Waals surface area contributed by atoms with E-state index in [0.29, 0.717) is 29.5 Å². The summed E-state index contributed by atoms with van der Waals surface area (Å²) in [4.78, 5) is 27.9. The second-order valence-electron chi connectivity index (χ2n) is 8.12. The molecule has 2 aromatic carbocycles. The van der Waals surface area contributed by atoms with Crippen LogP contribution in [0.2, 0.25) is 0 Å². The van der Waals surface area contributed by atoms with Crippen LogP contribution in [-0.2, 0) is 6.18 Å². The Morgan fingerprint density at radius 2 is 1.72 bits per heavy atom. The number of carbonyl (C=O) groups is 1. The predicted molar refractivity (Wildman–Crippen MR) is 117 cm³/mol. The van der Waals surface area contributed by atoms with Crippen LogP contribution < -0.4 is 15.8 Å². The first kappa shape index (κ1) is 21.9. The molecule has 0 radical (unpaired) electrons. The number of nitrogens with one attached hydrogen (secondary N) is 1. The highest BCUT2D eigenvalue weighted by Gasteiger charge is 2.32. The lowest BCUT2D eigenvalue weighted by molar-refractivity contribution is -0.137. The molecule has 168 valence electrons. The minimum atomic E-state index is -4.54. The smallest absolute Gasteiger partial charge is 0.370 e. The van der Waals surface area contributed by atoms with E-state index in [4.69, 9.17) is 0 Å². The van der Waals surface area contributed by atoms with Crippen molar-refractivity contribution in [1.82, 2.24) is 9.78 Å². The fourth-order valence-corrected chi connectivity index (χ4v) is 3.95. The van der Waals surface area contributed by atoms with E-state index in [-0.39, 0.29) is 23.0 Å². The zero-order valence-electron chi connectivity index (χ0n) is 17.7. The SMILES string of the molecule is CC(C)n1nc(C(=O)Nc2cc(C(F)(F)F)ccc2N2CCCC2)c2ccccc2c1=O. The van der Waals surface area contributed by atoms with Crippen LogP contribution in [0.5, 0.6) is 0 Å². The molecule has 0 atom stereocenters. The highest BCUT2D eigenvalue weighted by molar-refractivity contribution is 6.12. The van der Waals surface area contributed by atoms with Crippen molar-refractivity contribution >= 4 is 28.1 Å². The molecule has 6 nitrogen and oxygen atoms in total. The molecule has 1 aliphatic heterocycles. The third-order valence-electron chi connectivity index (χ3n) is 5.55. The van der Waals surface area contributed by atoms with E-state index in [1.54, 1.807) is 38.1 Å². The Labute approximate surface area is 182 Å². The maximum atomic E-state index is 13.4. The van der Waals surface area contributed by atoms with Gasteiger partial charge in [0.1, 0.15) is 0 Å². The lowest BCUT2D eigenvalue weighted by Crippen LogP contribution is -2.29. The van der Waals surface area contributed by atoms with Crippen molar-refractivity contribution in [3.63, 3.8) is 0 Å². The average molecular weight is 444 g/mol. The summed E-state index contributed by atoms with van der Waals surface area (Å²) in [5.74, 6) is -0.671. The molecule has 1 saturated heterocycles. The van der Waals surface area contributed by atoms with Crippen LogP contribution in [0.15, 0.2) is 47.3 Å². The van der Waals surface area contributed by atoms with Crippen molar-refractivity contribution < 1.29 is 18.0 Å². The molecule has 0 saturated carbocycles. The van der Waals surface area contributed by atoms with Gasteiger partial charge in [-0.15, -0.1) is 0 Å². The number of halogens is 3. The Morgan fingerprint density at radius 1 is 1.06 bits per heavy atom. The molecule has 1 aromatic heterocycles. The van der Waals surface area contributed by atoms with Crippen LogP contribution in [0.25, 0.3) is 10.8 Å². The number of aromatic nitrogens is 2. The van der Waals surface area contributed by atoms with Crippen LogP contribution in [-0.4, -0.2) is 28.8 Å². The number of rotatable bonds is 4. The Morgan fingerprint density at radius 3 is 2.34 bits per heavy atom. The van der Waals surface area contributed by atoms with E-state index in [0.717, 1.165) is 25.0 Å². The Hall–Kier alpha value is -3.36. The third kappa shape index (κ3) is 4.06. The largest absolute Gasteiger partial charge is 0.416 e. The maximum Gasteiger partial charge on any atom is 0.416 e. The van der Waals surface area contributed by atoms with Gasteiger partial charge in [-0.05, 0) is 51.0 Å². The van der Waals surface area contributed by atoms with Gasteiger partial charge in [-0.2, -0.15) is 18.3 Å². The van der Waals surface area contributed by atoms with Gasteiger partial charge >= 0.3 is 6.18 Å². The first-order valence-corrected chi connectivity index (χ1v) is 10.5. The topological polar surface area (TPSA) is 67.2 Å². The van der Waals surface area contributed by atoms with E-state index in [1.807, 2.05) is 4.90 Å². The van der Waals surface area contributed by atoms with Gasteiger partial charge in [-0.3, -0.25) is 9.59 Å². The molecule has 1 fully saturated rings. The fraction of sp³-hybridized carbons (Fsp3) is 0.348. The minimum absolute atomic E-state index is 0.0151. The van der Waals surface area contributed by atoms with Gasteiger partial charge in [0, 0.05) is 18.5 Å². The number of amides is 1. The van der Waals surface area contributed by atoms with Gasteiger partial charge in [0.2, 0.25) is 0 Å². The lowest BCUT2D eigenvalue weighted by Gasteiger charge is -2.23. The number of alkyl halides is 3. The summed E-state index contributed by atoms with van der Waals surface area (Å²) in [6.07, 6.45) is -2.68. The van der Waals surface area contributed by atoms with Crippen LogP contribution in [0.1, 0.15) is 48.8 Å². The molecular formula is C23H23F3N4O2. The normalized spacial score (nSPS) is 14.4.